The number of anilines is 2. The average molecular weight is 289 g/mol. The average Bonchev–Trinajstić information content (AvgIpc) is 2.80. The number of nitrogens with zero attached hydrogens (tertiary/aromatic N) is 1. The first kappa shape index (κ1) is 12.8. The predicted octanol–water partition coefficient (Wildman–Crippen LogP) is 2.83. The molecule has 0 radical (unpaired) electrons. The molecule has 0 bridgehead atoms. The molecule has 1 aliphatic rings. The van der Waals surface area contributed by atoms with E-state index in [1.807, 2.05) is 12.1 Å². The van der Waals surface area contributed by atoms with Gasteiger partial charge in [0.1, 0.15) is 5.75 Å². The molecule has 0 aromatic heterocycles. The molecule has 0 fully saturated rings. The van der Waals surface area contributed by atoms with Gasteiger partial charge >= 0.3 is 0 Å². The van der Waals surface area contributed by atoms with Crippen molar-refractivity contribution in [1.82, 2.24) is 0 Å². The van der Waals surface area contributed by atoms with Crippen molar-refractivity contribution in [2.24, 2.45) is 0 Å². The van der Waals surface area contributed by atoms with Crippen molar-refractivity contribution in [3.8, 4) is 5.75 Å². The molecule has 2 aromatic rings. The third kappa shape index (κ3) is 2.08. The molecule has 3 N–H and O–H groups in total. The lowest BCUT2D eigenvalue weighted by Crippen LogP contribution is -2.28. The van der Waals surface area contributed by atoms with E-state index < -0.39 is 0 Å². The van der Waals surface area contributed by atoms with Crippen LogP contribution in [0.3, 0.4) is 0 Å². The largest absolute Gasteiger partial charge is 0.507 e. The van der Waals surface area contributed by atoms with Crippen LogP contribution in [0.2, 0.25) is 5.02 Å². The summed E-state index contributed by atoms with van der Waals surface area (Å²) < 4.78 is 0. The van der Waals surface area contributed by atoms with Crippen molar-refractivity contribution in [2.45, 2.75) is 6.42 Å². The van der Waals surface area contributed by atoms with Crippen LogP contribution in [-0.2, 0) is 6.42 Å². The van der Waals surface area contributed by atoms with Gasteiger partial charge < -0.3 is 15.7 Å². The van der Waals surface area contributed by atoms with Crippen LogP contribution in [0.25, 0.3) is 0 Å². The van der Waals surface area contributed by atoms with Crippen molar-refractivity contribution in [1.29, 1.82) is 0 Å². The standard InChI is InChI=1S/C15H13ClN2O2/c16-10-1-3-12(14(19)8-10)15(20)18-6-5-9-7-11(17)2-4-13(9)18/h1-4,7-8,19H,5-6,17H2. The van der Waals surface area contributed by atoms with Crippen LogP contribution in [0.4, 0.5) is 11.4 Å². The number of hydrogen-bond acceptors (Lipinski definition) is 3. The van der Waals surface area contributed by atoms with Gasteiger partial charge in [0.05, 0.1) is 5.56 Å². The Morgan fingerprint density at radius 2 is 2.05 bits per heavy atom. The molecule has 4 nitrogen and oxygen atoms in total. The molecule has 0 unspecified atom stereocenters. The highest BCUT2D eigenvalue weighted by Crippen LogP contribution is 2.32. The lowest BCUT2D eigenvalue weighted by Gasteiger charge is -2.18. The lowest BCUT2D eigenvalue weighted by molar-refractivity contribution is 0.0987. The molecule has 0 saturated carbocycles. The van der Waals surface area contributed by atoms with Crippen LogP contribution in [-0.4, -0.2) is 17.6 Å². The zero-order valence-electron chi connectivity index (χ0n) is 10.6. The second-order valence-corrected chi connectivity index (χ2v) is 5.19. The number of phenolic OH excluding ortho intramolecular Hbond substituents is 1. The molecule has 0 aliphatic carbocycles. The molecular formula is C15H13ClN2O2. The first-order chi connectivity index (χ1) is 9.56. The normalized spacial score (nSPS) is 13.3. The summed E-state index contributed by atoms with van der Waals surface area (Å²) in [4.78, 5) is 14.2. The van der Waals surface area contributed by atoms with Gasteiger partial charge in [0.2, 0.25) is 0 Å². The Morgan fingerprint density at radius 3 is 2.80 bits per heavy atom. The summed E-state index contributed by atoms with van der Waals surface area (Å²) >= 11 is 5.78. The molecule has 1 heterocycles. The topological polar surface area (TPSA) is 66.6 Å². The predicted molar refractivity (Wildman–Crippen MR) is 79.4 cm³/mol. The van der Waals surface area contributed by atoms with Crippen LogP contribution < -0.4 is 10.6 Å². The van der Waals surface area contributed by atoms with Crippen molar-refractivity contribution in [3.05, 3.63) is 52.5 Å². The fraction of sp³-hybridized carbons (Fsp3) is 0.133. The monoisotopic (exact) mass is 288 g/mol. The summed E-state index contributed by atoms with van der Waals surface area (Å²) in [6.45, 7) is 0.583. The Hall–Kier alpha value is -2.20. The number of carbonyl (C=O) groups excluding carboxylic acids is 1. The van der Waals surface area contributed by atoms with E-state index in [1.165, 1.54) is 12.1 Å². The van der Waals surface area contributed by atoms with Crippen molar-refractivity contribution < 1.29 is 9.90 Å². The molecule has 0 spiro atoms. The Kier molecular flexibility index (Phi) is 3.03. The van der Waals surface area contributed by atoms with Crippen LogP contribution in [0.15, 0.2) is 36.4 Å². The van der Waals surface area contributed by atoms with Gasteiger partial charge in [0, 0.05) is 22.9 Å². The maximum Gasteiger partial charge on any atom is 0.262 e. The van der Waals surface area contributed by atoms with E-state index in [0.29, 0.717) is 17.3 Å². The maximum atomic E-state index is 12.5. The summed E-state index contributed by atoms with van der Waals surface area (Å²) in [7, 11) is 0. The number of hydrogen-bond donors (Lipinski definition) is 2. The number of rotatable bonds is 1. The van der Waals surface area contributed by atoms with E-state index in [4.69, 9.17) is 17.3 Å². The minimum absolute atomic E-state index is 0.105. The Morgan fingerprint density at radius 1 is 1.25 bits per heavy atom. The SMILES string of the molecule is Nc1ccc2c(c1)CCN2C(=O)c1ccc(Cl)cc1O. The van der Waals surface area contributed by atoms with Gasteiger partial charge in [-0.05, 0) is 48.4 Å². The van der Waals surface area contributed by atoms with Gasteiger partial charge in [0.25, 0.3) is 5.91 Å². The van der Waals surface area contributed by atoms with E-state index in [0.717, 1.165) is 17.7 Å². The van der Waals surface area contributed by atoms with E-state index in [1.54, 1.807) is 17.0 Å². The molecule has 5 heteroatoms. The van der Waals surface area contributed by atoms with E-state index in [-0.39, 0.29) is 17.2 Å². The van der Waals surface area contributed by atoms with Crippen LogP contribution >= 0.6 is 11.6 Å². The number of aromatic hydroxyl groups is 1. The van der Waals surface area contributed by atoms with Crippen molar-refractivity contribution in [3.63, 3.8) is 0 Å². The fourth-order valence-corrected chi connectivity index (χ4v) is 2.63. The first-order valence-corrected chi connectivity index (χ1v) is 6.63. The number of phenols is 1. The number of benzene rings is 2. The third-order valence-electron chi connectivity index (χ3n) is 3.43. The zero-order valence-corrected chi connectivity index (χ0v) is 11.4. The van der Waals surface area contributed by atoms with E-state index in [2.05, 4.69) is 0 Å². The van der Waals surface area contributed by atoms with E-state index in [9.17, 15) is 9.90 Å². The summed E-state index contributed by atoms with van der Waals surface area (Å²) in [6, 6.07) is 9.98. The zero-order chi connectivity index (χ0) is 14.3. The van der Waals surface area contributed by atoms with E-state index >= 15 is 0 Å². The van der Waals surface area contributed by atoms with Crippen LogP contribution in [0, 0.1) is 0 Å². The second kappa shape index (κ2) is 4.72. The summed E-state index contributed by atoms with van der Waals surface area (Å²) in [5, 5.41) is 10.3. The molecule has 102 valence electrons. The highest BCUT2D eigenvalue weighted by molar-refractivity contribution is 6.31. The summed E-state index contributed by atoms with van der Waals surface area (Å²) in [6.07, 6.45) is 0.764. The molecule has 0 saturated heterocycles. The molecular weight excluding hydrogens is 276 g/mol. The fourth-order valence-electron chi connectivity index (χ4n) is 2.46. The van der Waals surface area contributed by atoms with Gasteiger partial charge in [0.15, 0.2) is 0 Å². The third-order valence-corrected chi connectivity index (χ3v) is 3.67. The molecule has 2 aromatic carbocycles. The molecule has 20 heavy (non-hydrogen) atoms. The van der Waals surface area contributed by atoms with Gasteiger partial charge in [-0.2, -0.15) is 0 Å². The highest BCUT2D eigenvalue weighted by atomic mass is 35.5. The minimum Gasteiger partial charge on any atom is -0.507 e. The highest BCUT2D eigenvalue weighted by Gasteiger charge is 2.27. The first-order valence-electron chi connectivity index (χ1n) is 6.25. The Labute approximate surface area is 121 Å². The maximum absolute atomic E-state index is 12.5. The summed E-state index contributed by atoms with van der Waals surface area (Å²) in [5.74, 6) is -0.339. The quantitative estimate of drug-likeness (QED) is 0.793. The van der Waals surface area contributed by atoms with Crippen molar-refractivity contribution >= 4 is 28.9 Å². The molecule has 3 rings (SSSR count). The molecule has 1 amide bonds. The summed E-state index contributed by atoms with van der Waals surface area (Å²) in [5.41, 5.74) is 8.58. The smallest absolute Gasteiger partial charge is 0.262 e. The number of halogens is 1. The minimum atomic E-state index is -0.234. The lowest BCUT2D eigenvalue weighted by atomic mass is 10.1. The van der Waals surface area contributed by atoms with Gasteiger partial charge in [-0.15, -0.1) is 0 Å². The number of carbonyl (C=O) groups is 1. The molecule has 0 atom stereocenters. The van der Waals surface area contributed by atoms with Gasteiger partial charge in [-0.25, -0.2) is 0 Å². The Balaban J connectivity index is 1.97. The second-order valence-electron chi connectivity index (χ2n) is 4.76. The van der Waals surface area contributed by atoms with Gasteiger partial charge in [-0.1, -0.05) is 11.6 Å². The van der Waals surface area contributed by atoms with Gasteiger partial charge in [-0.3, -0.25) is 4.79 Å². The number of amides is 1. The van der Waals surface area contributed by atoms with Crippen molar-refractivity contribution in [2.75, 3.05) is 17.2 Å². The van der Waals surface area contributed by atoms with Crippen LogP contribution in [0.5, 0.6) is 5.75 Å². The Bertz CT molecular complexity index is 700. The number of fused-ring (bicyclic) bond motifs is 1. The number of nitrogens with two attached hydrogens (primary N) is 1. The number of nitrogen functional groups attached to an aromatic ring is 1. The van der Waals surface area contributed by atoms with Crippen LogP contribution in [0.1, 0.15) is 15.9 Å². The molecule has 1 aliphatic heterocycles.